The van der Waals surface area contributed by atoms with E-state index < -0.39 is 0 Å². The Labute approximate surface area is 153 Å². The Hall–Kier alpha value is -2.44. The van der Waals surface area contributed by atoms with Crippen LogP contribution in [0.4, 0.5) is 4.39 Å². The number of benzene rings is 1. The molecule has 2 N–H and O–H groups in total. The zero-order valence-electron chi connectivity index (χ0n) is 15.7. The minimum atomic E-state index is -0.190. The number of rotatable bonds is 4. The van der Waals surface area contributed by atoms with Crippen molar-refractivity contribution in [1.82, 2.24) is 25.4 Å². The topological polar surface area (TPSA) is 67.1 Å². The molecule has 3 rings (SSSR count). The molecule has 1 aliphatic rings. The van der Waals surface area contributed by atoms with E-state index in [1.54, 1.807) is 26.1 Å². The van der Waals surface area contributed by atoms with Crippen molar-refractivity contribution in [3.8, 4) is 0 Å². The number of halogens is 1. The number of nitrogens with one attached hydrogen (secondary N) is 2. The number of fused-ring (bicyclic) bond motifs is 1. The first-order valence-electron chi connectivity index (χ1n) is 9.22. The van der Waals surface area contributed by atoms with E-state index in [1.807, 2.05) is 13.0 Å². The Kier molecular flexibility index (Phi) is 5.85. The van der Waals surface area contributed by atoms with Crippen molar-refractivity contribution in [2.45, 2.75) is 58.7 Å². The molecule has 6 nitrogen and oxygen atoms in total. The maximum atomic E-state index is 13.8. The van der Waals surface area contributed by atoms with Gasteiger partial charge in [0.2, 0.25) is 0 Å². The minimum Gasteiger partial charge on any atom is -0.350 e. The summed E-state index contributed by atoms with van der Waals surface area (Å²) in [6, 6.07) is 5.23. The molecule has 0 saturated heterocycles. The second-order valence-corrected chi connectivity index (χ2v) is 6.80. The lowest BCUT2D eigenvalue weighted by atomic mass is 10.1. The minimum absolute atomic E-state index is 0.0631. The van der Waals surface area contributed by atoms with Crippen LogP contribution in [-0.4, -0.2) is 27.8 Å². The first kappa shape index (κ1) is 18.4. The summed E-state index contributed by atoms with van der Waals surface area (Å²) in [7, 11) is 1.72. The third-order valence-electron chi connectivity index (χ3n) is 4.87. The molecule has 1 aromatic heterocycles. The van der Waals surface area contributed by atoms with Crippen molar-refractivity contribution in [2.24, 2.45) is 4.99 Å². The van der Waals surface area contributed by atoms with Gasteiger partial charge in [-0.25, -0.2) is 4.39 Å². The van der Waals surface area contributed by atoms with E-state index in [9.17, 15) is 4.39 Å². The maximum absolute atomic E-state index is 13.8. The predicted molar refractivity (Wildman–Crippen MR) is 100 cm³/mol. The summed E-state index contributed by atoms with van der Waals surface area (Å²) in [6.07, 6.45) is 4.58. The highest BCUT2D eigenvalue weighted by Crippen LogP contribution is 2.17. The molecule has 7 heteroatoms. The van der Waals surface area contributed by atoms with E-state index >= 15 is 0 Å². The Morgan fingerprint density at radius 3 is 2.92 bits per heavy atom. The van der Waals surface area contributed by atoms with Gasteiger partial charge in [-0.3, -0.25) is 4.99 Å². The van der Waals surface area contributed by atoms with Gasteiger partial charge < -0.3 is 15.2 Å². The second kappa shape index (κ2) is 8.29. The SMILES string of the molecule is CN=C(NCc1nnc2n1CCCCC2)NC(C)c1ccc(C)c(F)c1. The van der Waals surface area contributed by atoms with E-state index in [0.717, 1.165) is 30.2 Å². The van der Waals surface area contributed by atoms with Crippen LogP contribution in [-0.2, 0) is 19.5 Å². The van der Waals surface area contributed by atoms with Gasteiger partial charge in [0.25, 0.3) is 0 Å². The molecular weight excluding hydrogens is 331 g/mol. The van der Waals surface area contributed by atoms with Gasteiger partial charge in [-0.15, -0.1) is 10.2 Å². The molecule has 0 aliphatic carbocycles. The van der Waals surface area contributed by atoms with Crippen LogP contribution in [0.15, 0.2) is 23.2 Å². The zero-order valence-corrected chi connectivity index (χ0v) is 15.7. The van der Waals surface area contributed by atoms with E-state index in [0.29, 0.717) is 18.1 Å². The summed E-state index contributed by atoms with van der Waals surface area (Å²) < 4.78 is 16.0. The first-order valence-corrected chi connectivity index (χ1v) is 9.22. The zero-order chi connectivity index (χ0) is 18.5. The lowest BCUT2D eigenvalue weighted by molar-refractivity contribution is 0.591. The van der Waals surface area contributed by atoms with Crippen molar-refractivity contribution >= 4 is 5.96 Å². The molecule has 0 spiro atoms. The number of guanidine groups is 1. The normalized spacial score (nSPS) is 15.9. The largest absolute Gasteiger partial charge is 0.350 e. The molecule has 0 amide bonds. The average molecular weight is 358 g/mol. The smallest absolute Gasteiger partial charge is 0.191 e. The van der Waals surface area contributed by atoms with E-state index in [4.69, 9.17) is 0 Å². The summed E-state index contributed by atoms with van der Waals surface area (Å²) in [5.41, 5.74) is 1.53. The first-order chi connectivity index (χ1) is 12.6. The lowest BCUT2D eigenvalue weighted by Crippen LogP contribution is -2.38. The lowest BCUT2D eigenvalue weighted by Gasteiger charge is -2.18. The molecule has 2 aromatic rings. The molecule has 1 aliphatic heterocycles. The van der Waals surface area contributed by atoms with Crippen LogP contribution in [0.25, 0.3) is 0 Å². The monoisotopic (exact) mass is 358 g/mol. The standard InChI is InChI=1S/C19H27FN6/c1-13-8-9-15(11-16(13)20)14(2)23-19(21-3)22-12-18-25-24-17-7-5-4-6-10-26(17)18/h8-9,11,14H,4-7,10,12H2,1-3H3,(H2,21,22,23). The number of aryl methyl sites for hydroxylation is 2. The van der Waals surface area contributed by atoms with Crippen molar-refractivity contribution in [3.05, 3.63) is 46.8 Å². The fraction of sp³-hybridized carbons (Fsp3) is 0.526. The van der Waals surface area contributed by atoms with Crippen LogP contribution >= 0.6 is 0 Å². The summed E-state index contributed by atoms with van der Waals surface area (Å²) in [5, 5.41) is 15.2. The molecule has 0 bridgehead atoms. The van der Waals surface area contributed by atoms with Crippen LogP contribution < -0.4 is 10.6 Å². The highest BCUT2D eigenvalue weighted by molar-refractivity contribution is 5.80. The predicted octanol–water partition coefficient (Wildman–Crippen LogP) is 2.88. The number of nitrogens with zero attached hydrogens (tertiary/aromatic N) is 4. The van der Waals surface area contributed by atoms with Crippen LogP contribution in [0.5, 0.6) is 0 Å². The molecule has 2 heterocycles. The average Bonchev–Trinajstić information content (AvgIpc) is 2.87. The number of aromatic nitrogens is 3. The number of hydrogen-bond acceptors (Lipinski definition) is 3. The summed E-state index contributed by atoms with van der Waals surface area (Å²) >= 11 is 0. The summed E-state index contributed by atoms with van der Waals surface area (Å²) in [6.45, 7) is 5.28. The number of aliphatic imine (C=N–C) groups is 1. The van der Waals surface area contributed by atoms with Crippen molar-refractivity contribution < 1.29 is 4.39 Å². The fourth-order valence-electron chi connectivity index (χ4n) is 3.20. The molecule has 1 unspecified atom stereocenters. The molecule has 26 heavy (non-hydrogen) atoms. The Balaban J connectivity index is 1.61. The Morgan fingerprint density at radius 1 is 1.31 bits per heavy atom. The van der Waals surface area contributed by atoms with Crippen LogP contribution in [0.3, 0.4) is 0 Å². The summed E-state index contributed by atoms with van der Waals surface area (Å²) in [4.78, 5) is 4.27. The van der Waals surface area contributed by atoms with Crippen molar-refractivity contribution in [1.29, 1.82) is 0 Å². The highest BCUT2D eigenvalue weighted by Gasteiger charge is 2.15. The van der Waals surface area contributed by atoms with Crippen molar-refractivity contribution in [3.63, 3.8) is 0 Å². The van der Waals surface area contributed by atoms with Crippen molar-refractivity contribution in [2.75, 3.05) is 7.05 Å². The van der Waals surface area contributed by atoms with Gasteiger partial charge in [0.1, 0.15) is 11.6 Å². The van der Waals surface area contributed by atoms with Gasteiger partial charge in [0.05, 0.1) is 12.6 Å². The maximum Gasteiger partial charge on any atom is 0.191 e. The van der Waals surface area contributed by atoms with Gasteiger partial charge in [-0.2, -0.15) is 0 Å². The van der Waals surface area contributed by atoms with Gasteiger partial charge >= 0.3 is 0 Å². The molecule has 0 saturated carbocycles. The third kappa shape index (κ3) is 4.20. The van der Waals surface area contributed by atoms with Gasteiger partial charge in [-0.1, -0.05) is 18.6 Å². The summed E-state index contributed by atoms with van der Waals surface area (Å²) in [5.74, 6) is 2.47. The molecule has 140 valence electrons. The van der Waals surface area contributed by atoms with E-state index in [1.165, 1.54) is 19.3 Å². The molecular formula is C19H27FN6. The molecule has 0 radical (unpaired) electrons. The fourth-order valence-corrected chi connectivity index (χ4v) is 3.20. The van der Waals surface area contributed by atoms with Gasteiger partial charge in [-0.05, 0) is 43.9 Å². The third-order valence-corrected chi connectivity index (χ3v) is 4.87. The Bertz CT molecular complexity index is 782. The molecule has 1 aromatic carbocycles. The number of hydrogen-bond donors (Lipinski definition) is 2. The quantitative estimate of drug-likeness (QED) is 0.651. The molecule has 1 atom stereocenters. The van der Waals surface area contributed by atoms with Crippen LogP contribution in [0, 0.1) is 12.7 Å². The second-order valence-electron chi connectivity index (χ2n) is 6.80. The van der Waals surface area contributed by atoms with Gasteiger partial charge in [0, 0.05) is 20.0 Å². The van der Waals surface area contributed by atoms with Crippen LogP contribution in [0.1, 0.15) is 55.0 Å². The molecule has 0 fully saturated rings. The Morgan fingerprint density at radius 2 is 2.15 bits per heavy atom. The van der Waals surface area contributed by atoms with Crippen LogP contribution in [0.2, 0.25) is 0 Å². The highest BCUT2D eigenvalue weighted by atomic mass is 19.1. The van der Waals surface area contributed by atoms with E-state index in [2.05, 4.69) is 30.4 Å². The van der Waals surface area contributed by atoms with Gasteiger partial charge in [0.15, 0.2) is 11.8 Å². The van der Waals surface area contributed by atoms with E-state index in [-0.39, 0.29) is 11.9 Å².